The number of rotatable bonds is 9. The molecule has 3 aromatic rings. The van der Waals surface area contributed by atoms with Crippen molar-refractivity contribution in [2.45, 2.75) is 35.9 Å². The average molecular weight is 496 g/mol. The van der Waals surface area contributed by atoms with E-state index in [2.05, 4.69) is 0 Å². The number of halogens is 1. The van der Waals surface area contributed by atoms with Crippen LogP contribution in [0.1, 0.15) is 12.5 Å². The molecular weight excluding hydrogens is 470 g/mol. The summed E-state index contributed by atoms with van der Waals surface area (Å²) in [6.07, 6.45) is -0.414. The lowest BCUT2D eigenvalue weighted by atomic mass is 9.80. The molecule has 0 saturated carbocycles. The lowest BCUT2D eigenvalue weighted by Gasteiger charge is -2.50. The van der Waals surface area contributed by atoms with Gasteiger partial charge in [0.25, 0.3) is 0 Å². The maximum atomic E-state index is 13.3. The van der Waals surface area contributed by atoms with Crippen LogP contribution in [0.4, 0.5) is 5.69 Å². The Balaban J connectivity index is 1.55. The largest absolute Gasteiger partial charge is 0.497 e. The zero-order valence-electron chi connectivity index (χ0n) is 19.0. The van der Waals surface area contributed by atoms with E-state index in [1.54, 1.807) is 36.3 Å². The van der Waals surface area contributed by atoms with E-state index in [-0.39, 0.29) is 11.0 Å². The van der Waals surface area contributed by atoms with Crippen molar-refractivity contribution in [3.63, 3.8) is 0 Å². The Morgan fingerprint density at radius 1 is 1.00 bits per heavy atom. The van der Waals surface area contributed by atoms with Crippen molar-refractivity contribution >= 4 is 40.1 Å². The third kappa shape index (κ3) is 5.30. The highest BCUT2D eigenvalue weighted by molar-refractivity contribution is 8.14. The SMILES string of the molecule is COc1ccc(N2C(=O)[C@H]([C@@H](C)OCc3ccccc3)[C@H]2C(Cl)C(=O)Sc2ccccc2)cc1. The molecule has 1 fully saturated rings. The molecule has 176 valence electrons. The van der Waals surface area contributed by atoms with Crippen LogP contribution in [0.3, 0.4) is 0 Å². The van der Waals surface area contributed by atoms with E-state index in [4.69, 9.17) is 21.1 Å². The van der Waals surface area contributed by atoms with Gasteiger partial charge in [-0.3, -0.25) is 9.59 Å². The van der Waals surface area contributed by atoms with Crippen LogP contribution in [0, 0.1) is 5.92 Å². The zero-order valence-corrected chi connectivity index (χ0v) is 20.5. The number of anilines is 1. The Morgan fingerprint density at radius 2 is 1.62 bits per heavy atom. The average Bonchev–Trinajstić information content (AvgIpc) is 2.87. The van der Waals surface area contributed by atoms with E-state index in [9.17, 15) is 9.59 Å². The van der Waals surface area contributed by atoms with Gasteiger partial charge < -0.3 is 14.4 Å². The predicted octanol–water partition coefficient (Wildman–Crippen LogP) is 5.56. The van der Waals surface area contributed by atoms with E-state index >= 15 is 0 Å². The van der Waals surface area contributed by atoms with Crippen molar-refractivity contribution in [2.24, 2.45) is 5.92 Å². The third-order valence-electron chi connectivity index (χ3n) is 5.89. The number of β-lactam (4-membered cyclic amide) rings is 1. The van der Waals surface area contributed by atoms with E-state index in [0.717, 1.165) is 22.2 Å². The predicted molar refractivity (Wildman–Crippen MR) is 135 cm³/mol. The summed E-state index contributed by atoms with van der Waals surface area (Å²) in [6, 6.07) is 25.8. The summed E-state index contributed by atoms with van der Waals surface area (Å²) < 4.78 is 11.3. The lowest BCUT2D eigenvalue weighted by Crippen LogP contribution is -2.69. The highest BCUT2D eigenvalue weighted by atomic mass is 35.5. The molecule has 0 radical (unpaired) electrons. The molecule has 0 spiro atoms. The number of ether oxygens (including phenoxy) is 2. The summed E-state index contributed by atoms with van der Waals surface area (Å²) in [6.45, 7) is 2.24. The molecule has 5 nitrogen and oxygen atoms in total. The number of benzene rings is 3. The molecule has 7 heteroatoms. The first-order valence-electron chi connectivity index (χ1n) is 11.0. The highest BCUT2D eigenvalue weighted by Crippen LogP contribution is 2.41. The summed E-state index contributed by atoms with van der Waals surface area (Å²) in [7, 11) is 1.59. The van der Waals surface area contributed by atoms with E-state index in [1.165, 1.54) is 0 Å². The molecule has 4 atom stereocenters. The Bertz CT molecular complexity index is 1110. The first-order valence-corrected chi connectivity index (χ1v) is 12.3. The summed E-state index contributed by atoms with van der Waals surface area (Å²) in [5.74, 6) is 0.0371. The van der Waals surface area contributed by atoms with Gasteiger partial charge in [0.2, 0.25) is 11.0 Å². The molecular formula is C27H26ClNO4S. The number of amides is 1. The van der Waals surface area contributed by atoms with Crippen LogP contribution in [0.15, 0.2) is 89.8 Å². The normalized spacial score (nSPS) is 19.3. The number of thioether (sulfide) groups is 1. The minimum Gasteiger partial charge on any atom is -0.497 e. The summed E-state index contributed by atoms with van der Waals surface area (Å²) in [4.78, 5) is 28.8. The standard InChI is InChI=1S/C27H26ClNO4S/c1-18(33-17-19-9-5-3-6-10-19)23-25(24(28)27(31)34-22-11-7-4-8-12-22)29(26(23)30)20-13-15-21(32-2)16-14-20/h3-16,18,23-25H,17H2,1-2H3/t18-,23-,24?,25+/m1/s1. The first kappa shape index (κ1) is 24.3. The number of hydrogen-bond acceptors (Lipinski definition) is 5. The number of methoxy groups -OCH3 is 1. The fraction of sp³-hybridized carbons (Fsp3) is 0.259. The van der Waals surface area contributed by atoms with Gasteiger partial charge in [0, 0.05) is 10.6 Å². The number of carbonyl (C=O) groups is 2. The van der Waals surface area contributed by atoms with E-state index in [1.807, 2.05) is 67.6 Å². The molecule has 34 heavy (non-hydrogen) atoms. The first-order chi connectivity index (χ1) is 16.5. The minimum atomic E-state index is -0.905. The number of nitrogens with zero attached hydrogens (tertiary/aromatic N) is 1. The molecule has 1 amide bonds. The number of hydrogen-bond donors (Lipinski definition) is 0. The van der Waals surface area contributed by atoms with Gasteiger partial charge in [-0.1, -0.05) is 60.3 Å². The molecule has 0 aromatic heterocycles. The highest BCUT2D eigenvalue weighted by Gasteiger charge is 2.55. The van der Waals surface area contributed by atoms with Gasteiger partial charge in [-0.15, -0.1) is 11.6 Å². The minimum absolute atomic E-state index is 0.112. The van der Waals surface area contributed by atoms with Gasteiger partial charge in [-0.05, 0) is 48.9 Å². The Kier molecular flexibility index (Phi) is 7.93. The maximum Gasteiger partial charge on any atom is 0.235 e. The zero-order chi connectivity index (χ0) is 24.1. The van der Waals surface area contributed by atoms with Crippen LogP contribution in [-0.4, -0.2) is 35.7 Å². The van der Waals surface area contributed by atoms with E-state index < -0.39 is 23.4 Å². The van der Waals surface area contributed by atoms with Gasteiger partial charge >= 0.3 is 0 Å². The van der Waals surface area contributed by atoms with Gasteiger partial charge in [0.05, 0.1) is 31.8 Å². The second kappa shape index (κ2) is 11.1. The van der Waals surface area contributed by atoms with Crippen LogP contribution < -0.4 is 9.64 Å². The molecule has 0 N–H and O–H groups in total. The van der Waals surface area contributed by atoms with Crippen molar-refractivity contribution in [2.75, 3.05) is 12.0 Å². The third-order valence-corrected chi connectivity index (χ3v) is 7.44. The van der Waals surface area contributed by atoms with Crippen LogP contribution in [-0.2, 0) is 20.9 Å². The maximum absolute atomic E-state index is 13.3. The fourth-order valence-electron chi connectivity index (χ4n) is 4.07. The molecule has 1 aliphatic rings. The van der Waals surface area contributed by atoms with Crippen molar-refractivity contribution in [1.29, 1.82) is 0 Å². The number of alkyl halides is 1. The van der Waals surface area contributed by atoms with Crippen molar-refractivity contribution in [3.05, 3.63) is 90.5 Å². The monoisotopic (exact) mass is 495 g/mol. The molecule has 1 saturated heterocycles. The second-order valence-electron chi connectivity index (χ2n) is 8.06. The Hall–Kier alpha value is -2.80. The van der Waals surface area contributed by atoms with Crippen LogP contribution >= 0.6 is 23.4 Å². The molecule has 3 aromatic carbocycles. The van der Waals surface area contributed by atoms with Gasteiger partial charge in [-0.25, -0.2) is 0 Å². The molecule has 4 rings (SSSR count). The second-order valence-corrected chi connectivity index (χ2v) is 9.61. The van der Waals surface area contributed by atoms with Crippen LogP contribution in [0.5, 0.6) is 5.75 Å². The molecule has 1 unspecified atom stereocenters. The van der Waals surface area contributed by atoms with Gasteiger partial charge in [0.1, 0.15) is 11.1 Å². The Morgan fingerprint density at radius 3 is 2.24 bits per heavy atom. The van der Waals surface area contributed by atoms with Gasteiger partial charge in [-0.2, -0.15) is 0 Å². The van der Waals surface area contributed by atoms with Crippen LogP contribution in [0.2, 0.25) is 0 Å². The Labute approximate surface area is 209 Å². The van der Waals surface area contributed by atoms with Crippen molar-refractivity contribution in [3.8, 4) is 5.75 Å². The van der Waals surface area contributed by atoms with Crippen molar-refractivity contribution in [1.82, 2.24) is 0 Å². The smallest absolute Gasteiger partial charge is 0.235 e. The fourth-order valence-corrected chi connectivity index (χ4v) is 5.25. The van der Waals surface area contributed by atoms with Gasteiger partial charge in [0.15, 0.2) is 0 Å². The summed E-state index contributed by atoms with van der Waals surface area (Å²) in [5.41, 5.74) is 1.69. The molecule has 1 aliphatic heterocycles. The summed E-state index contributed by atoms with van der Waals surface area (Å²) in [5, 5.41) is -1.11. The summed E-state index contributed by atoms with van der Waals surface area (Å²) >= 11 is 7.85. The molecule has 0 aliphatic carbocycles. The van der Waals surface area contributed by atoms with Crippen LogP contribution in [0.25, 0.3) is 0 Å². The lowest BCUT2D eigenvalue weighted by molar-refractivity contribution is -0.138. The quantitative estimate of drug-likeness (QED) is 0.221. The number of carbonyl (C=O) groups excluding carboxylic acids is 2. The van der Waals surface area contributed by atoms with E-state index in [0.29, 0.717) is 18.0 Å². The van der Waals surface area contributed by atoms with Crippen molar-refractivity contribution < 1.29 is 19.1 Å². The topological polar surface area (TPSA) is 55.8 Å². The molecule has 1 heterocycles. The molecule has 0 bridgehead atoms.